The minimum atomic E-state index is -3.58. The van der Waals surface area contributed by atoms with Crippen molar-refractivity contribution in [2.24, 2.45) is 0 Å². The molecule has 32 heavy (non-hydrogen) atoms. The minimum Gasteiger partial charge on any atom is -0.306 e. The van der Waals surface area contributed by atoms with Gasteiger partial charge in [0.1, 0.15) is 5.82 Å². The third kappa shape index (κ3) is 4.33. The quantitative estimate of drug-likeness (QED) is 0.718. The van der Waals surface area contributed by atoms with Crippen LogP contribution in [0, 0.1) is 0 Å². The van der Waals surface area contributed by atoms with Crippen LogP contribution in [-0.4, -0.2) is 49.9 Å². The van der Waals surface area contributed by atoms with Crippen LogP contribution in [0.3, 0.4) is 0 Å². The van der Waals surface area contributed by atoms with Gasteiger partial charge in [0.2, 0.25) is 10.0 Å². The Morgan fingerprint density at radius 1 is 1.03 bits per heavy atom. The van der Waals surface area contributed by atoms with Crippen LogP contribution in [0.4, 0.5) is 5.82 Å². The van der Waals surface area contributed by atoms with Crippen molar-refractivity contribution in [3.8, 4) is 0 Å². The Balaban J connectivity index is 1.59. The van der Waals surface area contributed by atoms with Crippen molar-refractivity contribution >= 4 is 31.6 Å². The molecule has 2 aromatic rings. The predicted molar refractivity (Wildman–Crippen MR) is 121 cm³/mol. The zero-order valence-corrected chi connectivity index (χ0v) is 20.1. The third-order valence-electron chi connectivity index (χ3n) is 5.72. The number of fused-ring (bicyclic) bond motifs is 1. The van der Waals surface area contributed by atoms with Gasteiger partial charge in [0.25, 0.3) is 5.91 Å². The molecule has 0 aliphatic carbocycles. The van der Waals surface area contributed by atoms with E-state index in [9.17, 15) is 21.6 Å². The SMILES string of the molecule is CC(C)(C)n1nc2c(c1NC(=O)c1ccc(S(=O)(=O)N3CCCCC3)cc1)CS(=O)(=O)C2. The van der Waals surface area contributed by atoms with Gasteiger partial charge in [-0.05, 0) is 57.9 Å². The number of nitrogens with zero attached hydrogens (tertiary/aromatic N) is 3. The van der Waals surface area contributed by atoms with E-state index in [0.29, 0.717) is 30.2 Å². The van der Waals surface area contributed by atoms with Gasteiger partial charge < -0.3 is 5.32 Å². The summed E-state index contributed by atoms with van der Waals surface area (Å²) >= 11 is 0. The molecule has 1 saturated heterocycles. The maximum atomic E-state index is 13.0. The Kier molecular flexibility index (Phi) is 5.71. The monoisotopic (exact) mass is 480 g/mol. The van der Waals surface area contributed by atoms with Gasteiger partial charge in [0, 0.05) is 24.2 Å². The largest absolute Gasteiger partial charge is 0.306 e. The number of hydrogen-bond acceptors (Lipinski definition) is 6. The van der Waals surface area contributed by atoms with Crippen LogP contribution in [-0.2, 0) is 36.9 Å². The lowest BCUT2D eigenvalue weighted by Gasteiger charge is -2.26. The number of anilines is 1. The van der Waals surface area contributed by atoms with E-state index >= 15 is 0 Å². The highest BCUT2D eigenvalue weighted by atomic mass is 32.2. The molecule has 0 bridgehead atoms. The number of nitrogens with one attached hydrogen (secondary N) is 1. The maximum Gasteiger partial charge on any atom is 0.256 e. The Morgan fingerprint density at radius 3 is 2.25 bits per heavy atom. The van der Waals surface area contributed by atoms with Gasteiger partial charge in [-0.3, -0.25) is 4.79 Å². The zero-order chi connectivity index (χ0) is 23.3. The number of hydrogen-bond donors (Lipinski definition) is 1. The van der Waals surface area contributed by atoms with Gasteiger partial charge in [-0.1, -0.05) is 6.42 Å². The Labute approximate surface area is 188 Å². The first-order chi connectivity index (χ1) is 14.9. The van der Waals surface area contributed by atoms with Gasteiger partial charge in [0.15, 0.2) is 9.84 Å². The van der Waals surface area contributed by atoms with Crippen LogP contribution in [0.1, 0.15) is 61.6 Å². The van der Waals surface area contributed by atoms with Gasteiger partial charge in [-0.15, -0.1) is 0 Å². The number of carbonyl (C=O) groups excluding carboxylic acids is 1. The lowest BCUT2D eigenvalue weighted by molar-refractivity contribution is 0.102. The second-order valence-corrected chi connectivity index (χ2v) is 13.3. The van der Waals surface area contributed by atoms with Gasteiger partial charge in [-0.2, -0.15) is 9.40 Å². The lowest BCUT2D eigenvalue weighted by atomic mass is 10.1. The average Bonchev–Trinajstić information content (AvgIpc) is 3.21. The van der Waals surface area contributed by atoms with Gasteiger partial charge >= 0.3 is 0 Å². The van der Waals surface area contributed by atoms with Crippen molar-refractivity contribution in [3.05, 3.63) is 41.1 Å². The number of benzene rings is 1. The number of amides is 1. The van der Waals surface area contributed by atoms with Crippen molar-refractivity contribution in [3.63, 3.8) is 0 Å². The Hall–Kier alpha value is -2.24. The minimum absolute atomic E-state index is 0.142. The van der Waals surface area contributed by atoms with Crippen LogP contribution in [0.15, 0.2) is 29.2 Å². The van der Waals surface area contributed by atoms with E-state index in [2.05, 4.69) is 10.4 Å². The molecule has 2 aliphatic heterocycles. The summed E-state index contributed by atoms with van der Waals surface area (Å²) in [6.07, 6.45) is 2.73. The molecule has 1 amide bonds. The number of carbonyl (C=O) groups is 1. The summed E-state index contributed by atoms with van der Waals surface area (Å²) < 4.78 is 52.9. The van der Waals surface area contributed by atoms with Crippen molar-refractivity contribution in [2.75, 3.05) is 18.4 Å². The highest BCUT2D eigenvalue weighted by Gasteiger charge is 2.35. The molecule has 0 unspecified atom stereocenters. The van der Waals surface area contributed by atoms with Crippen LogP contribution in [0.5, 0.6) is 0 Å². The van der Waals surface area contributed by atoms with E-state index in [0.717, 1.165) is 19.3 Å². The fraction of sp³-hybridized carbons (Fsp3) is 0.524. The van der Waals surface area contributed by atoms with Crippen molar-refractivity contribution in [1.82, 2.24) is 14.1 Å². The molecule has 9 nitrogen and oxygen atoms in total. The summed E-state index contributed by atoms with van der Waals surface area (Å²) in [5.74, 6) is -0.397. The molecular formula is C21H28N4O5S2. The Morgan fingerprint density at radius 2 is 1.66 bits per heavy atom. The molecule has 1 aromatic heterocycles. The second-order valence-electron chi connectivity index (χ2n) is 9.33. The summed E-state index contributed by atoms with van der Waals surface area (Å²) in [6.45, 7) is 6.77. The molecule has 0 saturated carbocycles. The van der Waals surface area contributed by atoms with E-state index in [1.54, 1.807) is 4.68 Å². The summed E-state index contributed by atoms with van der Waals surface area (Å²) in [6, 6.07) is 5.82. The molecular weight excluding hydrogens is 452 g/mol. The molecule has 3 heterocycles. The van der Waals surface area contributed by atoms with Gasteiger partial charge in [0.05, 0.1) is 27.6 Å². The third-order valence-corrected chi connectivity index (χ3v) is 9.08. The van der Waals surface area contributed by atoms with Gasteiger partial charge in [-0.25, -0.2) is 21.5 Å². The summed E-state index contributed by atoms with van der Waals surface area (Å²) in [4.78, 5) is 13.1. The number of rotatable bonds is 4. The first kappa shape index (κ1) is 22.9. The molecule has 2 aliphatic rings. The molecule has 1 aromatic carbocycles. The highest BCUT2D eigenvalue weighted by molar-refractivity contribution is 7.90. The van der Waals surface area contributed by atoms with Crippen molar-refractivity contribution in [1.29, 1.82) is 0 Å². The summed E-state index contributed by atoms with van der Waals surface area (Å²) in [5, 5.41) is 7.25. The van der Waals surface area contributed by atoms with E-state index in [-0.39, 0.29) is 22.0 Å². The maximum absolute atomic E-state index is 13.0. The summed E-state index contributed by atoms with van der Waals surface area (Å²) in [7, 11) is -6.86. The molecule has 11 heteroatoms. The van der Waals surface area contributed by atoms with Crippen LogP contribution in [0.25, 0.3) is 0 Å². The normalized spacial score (nSPS) is 19.0. The zero-order valence-electron chi connectivity index (χ0n) is 18.5. The van der Waals surface area contributed by atoms with Crippen molar-refractivity contribution < 1.29 is 21.6 Å². The van der Waals surface area contributed by atoms with Crippen molar-refractivity contribution in [2.45, 2.75) is 62.0 Å². The first-order valence-electron chi connectivity index (χ1n) is 10.6. The second kappa shape index (κ2) is 7.96. The summed E-state index contributed by atoms with van der Waals surface area (Å²) in [5.41, 5.74) is 0.776. The topological polar surface area (TPSA) is 118 Å². The first-order valence-corrected chi connectivity index (χ1v) is 13.9. The molecule has 0 radical (unpaired) electrons. The fourth-order valence-corrected chi connectivity index (χ4v) is 7.08. The molecule has 0 spiro atoms. The Bertz CT molecular complexity index is 1250. The lowest BCUT2D eigenvalue weighted by Crippen LogP contribution is -2.35. The van der Waals surface area contributed by atoms with E-state index < -0.39 is 31.3 Å². The molecule has 1 N–H and O–H groups in total. The van der Waals surface area contributed by atoms with Crippen LogP contribution < -0.4 is 5.32 Å². The highest BCUT2D eigenvalue weighted by Crippen LogP contribution is 2.34. The number of sulfone groups is 1. The van der Waals surface area contributed by atoms with Crippen LogP contribution >= 0.6 is 0 Å². The number of sulfonamides is 1. The number of aromatic nitrogens is 2. The molecule has 0 atom stereocenters. The molecule has 174 valence electrons. The molecule has 4 rings (SSSR count). The van der Waals surface area contributed by atoms with E-state index in [4.69, 9.17) is 0 Å². The van der Waals surface area contributed by atoms with E-state index in [1.165, 1.54) is 28.6 Å². The molecule has 1 fully saturated rings. The van der Waals surface area contributed by atoms with Crippen LogP contribution in [0.2, 0.25) is 0 Å². The average molecular weight is 481 g/mol. The fourth-order valence-electron chi connectivity index (χ4n) is 4.07. The predicted octanol–water partition coefficient (Wildman–Crippen LogP) is 2.49. The standard InChI is InChI=1S/C21H28N4O5S2/c1-21(2,3)25-19(17-13-31(27,28)14-18(17)23-25)22-20(26)15-7-9-16(10-8-15)32(29,30)24-11-5-4-6-12-24/h7-10H,4-6,11-14H2,1-3H3,(H,22,26). The number of piperidine rings is 1. The smallest absolute Gasteiger partial charge is 0.256 e. The van der Waals surface area contributed by atoms with E-state index in [1.807, 2.05) is 20.8 Å².